The maximum Gasteiger partial charge on any atom is 0.131 e. The van der Waals surface area contributed by atoms with E-state index in [4.69, 9.17) is 0 Å². The summed E-state index contributed by atoms with van der Waals surface area (Å²) in [5.41, 5.74) is 1.62. The van der Waals surface area contributed by atoms with E-state index in [1.165, 1.54) is 0 Å². The van der Waals surface area contributed by atoms with Gasteiger partial charge in [-0.1, -0.05) is 60.4 Å². The highest BCUT2D eigenvalue weighted by Crippen LogP contribution is 2.26. The van der Waals surface area contributed by atoms with E-state index in [2.05, 4.69) is 11.8 Å². The normalized spacial score (nSPS) is 9.89. The molecule has 0 fully saturated rings. The van der Waals surface area contributed by atoms with Crippen LogP contribution in [-0.4, -0.2) is 5.11 Å². The summed E-state index contributed by atoms with van der Waals surface area (Å²) in [5.74, 6) is 6.38. The molecule has 0 aliphatic rings. The average molecular weight is 244 g/mol. The molecule has 0 heterocycles. The van der Waals surface area contributed by atoms with Crippen molar-refractivity contribution in [2.45, 2.75) is 0 Å². The maximum absolute atomic E-state index is 9.98. The third kappa shape index (κ3) is 2.29. The molecule has 0 atom stereocenters. The molecular weight excluding hydrogens is 232 g/mol. The van der Waals surface area contributed by atoms with Crippen molar-refractivity contribution in [3.63, 3.8) is 0 Å². The Morgan fingerprint density at radius 2 is 1.42 bits per heavy atom. The molecule has 0 radical (unpaired) electrons. The topological polar surface area (TPSA) is 20.2 Å². The molecule has 0 unspecified atom stereocenters. The third-order valence-electron chi connectivity index (χ3n) is 3.01. The second kappa shape index (κ2) is 4.88. The van der Waals surface area contributed by atoms with Gasteiger partial charge in [-0.3, -0.25) is 0 Å². The second-order valence-electron chi connectivity index (χ2n) is 4.30. The van der Waals surface area contributed by atoms with Crippen molar-refractivity contribution in [1.29, 1.82) is 0 Å². The van der Waals surface area contributed by atoms with E-state index >= 15 is 0 Å². The van der Waals surface area contributed by atoms with Crippen molar-refractivity contribution in [1.82, 2.24) is 0 Å². The first-order valence-corrected chi connectivity index (χ1v) is 6.12. The fourth-order valence-electron chi connectivity index (χ4n) is 2.05. The van der Waals surface area contributed by atoms with Crippen LogP contribution >= 0.6 is 0 Å². The minimum absolute atomic E-state index is 0.224. The van der Waals surface area contributed by atoms with E-state index < -0.39 is 0 Å². The van der Waals surface area contributed by atoms with Gasteiger partial charge in [0.1, 0.15) is 5.75 Å². The zero-order valence-corrected chi connectivity index (χ0v) is 10.3. The lowest BCUT2D eigenvalue weighted by molar-refractivity contribution is 0.474. The van der Waals surface area contributed by atoms with E-state index in [1.807, 2.05) is 60.7 Å². The molecule has 1 heteroatoms. The minimum Gasteiger partial charge on any atom is -0.507 e. The standard InChI is InChI=1S/C18H12O/c19-18-13-11-15-8-4-5-9-16(15)17(18)12-10-14-6-2-1-3-7-14/h1-9,11,13,19H. The Labute approximate surface area is 112 Å². The van der Waals surface area contributed by atoms with Crippen LogP contribution < -0.4 is 0 Å². The van der Waals surface area contributed by atoms with Gasteiger partial charge in [0.2, 0.25) is 0 Å². The van der Waals surface area contributed by atoms with Gasteiger partial charge in [0.25, 0.3) is 0 Å². The number of phenols is 1. The van der Waals surface area contributed by atoms with Gasteiger partial charge in [-0.25, -0.2) is 0 Å². The molecule has 0 spiro atoms. The molecule has 1 N–H and O–H groups in total. The molecular formula is C18H12O. The number of hydrogen-bond acceptors (Lipinski definition) is 1. The van der Waals surface area contributed by atoms with E-state index in [0.717, 1.165) is 16.3 Å². The molecule has 3 aromatic rings. The number of rotatable bonds is 0. The SMILES string of the molecule is Oc1ccc2ccccc2c1C#Cc1ccccc1. The largest absolute Gasteiger partial charge is 0.507 e. The fraction of sp³-hybridized carbons (Fsp3) is 0. The number of aromatic hydroxyl groups is 1. The third-order valence-corrected chi connectivity index (χ3v) is 3.01. The second-order valence-corrected chi connectivity index (χ2v) is 4.30. The molecule has 0 aliphatic heterocycles. The van der Waals surface area contributed by atoms with Crippen molar-refractivity contribution in [3.05, 3.63) is 77.9 Å². The van der Waals surface area contributed by atoms with E-state index in [9.17, 15) is 5.11 Å². The molecule has 0 saturated heterocycles. The van der Waals surface area contributed by atoms with Crippen LogP contribution in [0.3, 0.4) is 0 Å². The first-order chi connectivity index (χ1) is 9.34. The van der Waals surface area contributed by atoms with Crippen LogP contribution in [-0.2, 0) is 0 Å². The zero-order valence-electron chi connectivity index (χ0n) is 10.3. The van der Waals surface area contributed by atoms with Gasteiger partial charge in [0.15, 0.2) is 0 Å². The lowest BCUT2D eigenvalue weighted by Crippen LogP contribution is -1.81. The summed E-state index contributed by atoms with van der Waals surface area (Å²) in [5, 5.41) is 12.0. The van der Waals surface area contributed by atoms with Gasteiger partial charge in [-0.15, -0.1) is 0 Å². The molecule has 1 nitrogen and oxygen atoms in total. The highest BCUT2D eigenvalue weighted by atomic mass is 16.3. The van der Waals surface area contributed by atoms with Gasteiger partial charge in [-0.05, 0) is 23.6 Å². The quantitative estimate of drug-likeness (QED) is 0.594. The Balaban J connectivity index is 2.16. The van der Waals surface area contributed by atoms with Crippen LogP contribution in [0.25, 0.3) is 10.8 Å². The molecule has 3 aromatic carbocycles. The average Bonchev–Trinajstić information content (AvgIpc) is 2.47. The van der Waals surface area contributed by atoms with Crippen molar-refractivity contribution in [2.75, 3.05) is 0 Å². The Morgan fingerprint density at radius 3 is 2.26 bits per heavy atom. The molecule has 3 rings (SSSR count). The van der Waals surface area contributed by atoms with Crippen LogP contribution in [0.2, 0.25) is 0 Å². The summed E-state index contributed by atoms with van der Waals surface area (Å²) < 4.78 is 0. The molecule has 19 heavy (non-hydrogen) atoms. The van der Waals surface area contributed by atoms with Crippen LogP contribution in [0.5, 0.6) is 5.75 Å². The summed E-state index contributed by atoms with van der Waals surface area (Å²) >= 11 is 0. The lowest BCUT2D eigenvalue weighted by atomic mass is 10.0. The highest BCUT2D eigenvalue weighted by molar-refractivity contribution is 5.90. The van der Waals surface area contributed by atoms with Crippen molar-refractivity contribution >= 4 is 10.8 Å². The molecule has 90 valence electrons. The summed E-state index contributed by atoms with van der Waals surface area (Å²) in [6, 6.07) is 21.3. The fourth-order valence-corrected chi connectivity index (χ4v) is 2.05. The summed E-state index contributed by atoms with van der Waals surface area (Å²) in [7, 11) is 0. The van der Waals surface area contributed by atoms with Gasteiger partial charge in [0, 0.05) is 10.9 Å². The van der Waals surface area contributed by atoms with Crippen LogP contribution in [0, 0.1) is 11.8 Å². The first-order valence-electron chi connectivity index (χ1n) is 6.12. The predicted molar refractivity (Wildman–Crippen MR) is 78.0 cm³/mol. The number of phenolic OH excluding ortho intramolecular Hbond substituents is 1. The van der Waals surface area contributed by atoms with Crippen LogP contribution in [0.15, 0.2) is 66.7 Å². The lowest BCUT2D eigenvalue weighted by Gasteiger charge is -2.02. The van der Waals surface area contributed by atoms with E-state index in [1.54, 1.807) is 6.07 Å². The van der Waals surface area contributed by atoms with Gasteiger partial charge < -0.3 is 5.11 Å². The van der Waals surface area contributed by atoms with E-state index in [-0.39, 0.29) is 5.75 Å². The van der Waals surface area contributed by atoms with E-state index in [0.29, 0.717) is 5.56 Å². The summed E-state index contributed by atoms with van der Waals surface area (Å²) in [6.07, 6.45) is 0. The Morgan fingerprint density at radius 1 is 0.684 bits per heavy atom. The maximum atomic E-state index is 9.98. The Kier molecular flexibility index (Phi) is 2.92. The van der Waals surface area contributed by atoms with Gasteiger partial charge >= 0.3 is 0 Å². The number of hydrogen-bond donors (Lipinski definition) is 1. The Hall–Kier alpha value is -2.72. The van der Waals surface area contributed by atoms with Crippen LogP contribution in [0.1, 0.15) is 11.1 Å². The summed E-state index contributed by atoms with van der Waals surface area (Å²) in [6.45, 7) is 0. The van der Waals surface area contributed by atoms with Crippen LogP contribution in [0.4, 0.5) is 0 Å². The van der Waals surface area contributed by atoms with Gasteiger partial charge in [-0.2, -0.15) is 0 Å². The molecule has 0 aromatic heterocycles. The number of benzene rings is 3. The molecule has 0 amide bonds. The highest BCUT2D eigenvalue weighted by Gasteiger charge is 2.03. The smallest absolute Gasteiger partial charge is 0.131 e. The van der Waals surface area contributed by atoms with Gasteiger partial charge in [0.05, 0.1) is 5.56 Å². The minimum atomic E-state index is 0.224. The van der Waals surface area contributed by atoms with Crippen molar-refractivity contribution in [3.8, 4) is 17.6 Å². The van der Waals surface area contributed by atoms with Crippen molar-refractivity contribution < 1.29 is 5.11 Å². The zero-order chi connectivity index (χ0) is 13.1. The summed E-state index contributed by atoms with van der Waals surface area (Å²) in [4.78, 5) is 0. The molecule has 0 bridgehead atoms. The Bertz CT molecular complexity index is 777. The monoisotopic (exact) mass is 244 g/mol. The number of fused-ring (bicyclic) bond motifs is 1. The first kappa shape index (κ1) is 11.4. The molecule has 0 aliphatic carbocycles. The molecule has 0 saturated carbocycles. The predicted octanol–water partition coefficient (Wildman–Crippen LogP) is 3.95. The van der Waals surface area contributed by atoms with Crippen molar-refractivity contribution in [2.24, 2.45) is 0 Å².